The average Bonchev–Trinajstić information content (AvgIpc) is 2.42. The first-order valence-corrected chi connectivity index (χ1v) is 6.86. The average molecular weight is 317 g/mol. The van der Waals surface area contributed by atoms with Gasteiger partial charge >= 0.3 is 11.9 Å². The largest absolute Gasteiger partial charge is 0.466 e. The molecule has 1 fully saturated rings. The molecule has 2 unspecified atom stereocenters. The molecular weight excluding hydrogens is 302 g/mol. The number of esters is 2. The maximum Gasteiger partial charge on any atom is 0.357 e. The molecule has 0 spiro atoms. The van der Waals surface area contributed by atoms with E-state index in [4.69, 9.17) is 0 Å². The minimum absolute atomic E-state index is 0.118. The van der Waals surface area contributed by atoms with Gasteiger partial charge in [-0.15, -0.1) is 11.8 Å². The van der Waals surface area contributed by atoms with Gasteiger partial charge in [0.15, 0.2) is 5.78 Å². The monoisotopic (exact) mass is 317 g/mol. The van der Waals surface area contributed by atoms with Gasteiger partial charge in [-0.25, -0.2) is 9.59 Å². The molecule has 0 aliphatic carbocycles. The first-order valence-electron chi connectivity index (χ1n) is 5.92. The number of ketones is 1. The number of methoxy groups -OCH3 is 1. The maximum absolute atomic E-state index is 11.5. The highest BCUT2D eigenvalue weighted by atomic mass is 32.2. The fraction of sp³-hybridized carbons (Fsp3) is 0.500. The summed E-state index contributed by atoms with van der Waals surface area (Å²) >= 11 is 1.08. The zero-order chi connectivity index (χ0) is 16.0. The number of likely N-dealkylation sites (tertiary alicyclic amines) is 1. The van der Waals surface area contributed by atoms with Crippen LogP contribution in [0.1, 0.15) is 13.3 Å². The van der Waals surface area contributed by atoms with Gasteiger partial charge in [-0.2, -0.15) is 0 Å². The summed E-state index contributed by atoms with van der Waals surface area (Å²) in [6.45, 7) is 0.767. The number of β-lactam (4-membered cyclic amide) rings is 1. The molecule has 21 heavy (non-hydrogen) atoms. The van der Waals surface area contributed by atoms with Gasteiger partial charge in [0.25, 0.3) is 0 Å². The molecule has 0 aromatic carbocycles. The molecule has 0 radical (unpaired) electrons. The van der Waals surface area contributed by atoms with Crippen molar-refractivity contribution >= 4 is 35.4 Å². The maximum atomic E-state index is 11.5. The van der Waals surface area contributed by atoms with Crippen LogP contribution in [0.2, 0.25) is 0 Å². The fourth-order valence-electron chi connectivity index (χ4n) is 1.42. The second-order valence-corrected chi connectivity index (χ2v) is 5.19. The normalized spacial score (nSPS) is 19.1. The van der Waals surface area contributed by atoms with Crippen molar-refractivity contribution in [2.75, 3.05) is 13.7 Å². The van der Waals surface area contributed by atoms with Crippen molar-refractivity contribution in [2.45, 2.75) is 24.9 Å². The van der Waals surface area contributed by atoms with Crippen molar-refractivity contribution in [1.82, 2.24) is 4.90 Å². The van der Waals surface area contributed by atoms with Gasteiger partial charge in [-0.05, 0) is 12.3 Å². The van der Waals surface area contributed by atoms with Crippen LogP contribution in [-0.2, 0) is 28.7 Å². The molecular formula is C12H15NO7S. The molecule has 116 valence electrons. The van der Waals surface area contributed by atoms with E-state index in [1.54, 1.807) is 0 Å². The standard InChI is InChI=1S/C12H15NO7S/c1-7(14)6-20-12(18)11(17)13-8(15)5-9(13)21-4-3-10(16)19-2/h3-4,9,11,17H,5-6H2,1-2H3. The summed E-state index contributed by atoms with van der Waals surface area (Å²) in [4.78, 5) is 45.4. The van der Waals surface area contributed by atoms with Crippen LogP contribution in [0.3, 0.4) is 0 Å². The highest BCUT2D eigenvalue weighted by molar-refractivity contribution is 8.02. The predicted molar refractivity (Wildman–Crippen MR) is 71.6 cm³/mol. The van der Waals surface area contributed by atoms with E-state index in [1.165, 1.54) is 19.4 Å². The minimum Gasteiger partial charge on any atom is -0.466 e. The lowest BCUT2D eigenvalue weighted by Gasteiger charge is -2.41. The van der Waals surface area contributed by atoms with Crippen molar-refractivity contribution in [2.24, 2.45) is 0 Å². The third-order valence-electron chi connectivity index (χ3n) is 2.48. The zero-order valence-electron chi connectivity index (χ0n) is 11.5. The molecule has 1 rings (SSSR count). The number of aliphatic hydroxyl groups excluding tert-OH is 1. The molecule has 8 nitrogen and oxygen atoms in total. The van der Waals surface area contributed by atoms with Crippen LogP contribution in [0, 0.1) is 0 Å². The summed E-state index contributed by atoms with van der Waals surface area (Å²) in [6, 6.07) is 0. The Hall–Kier alpha value is -1.87. The van der Waals surface area contributed by atoms with Crippen molar-refractivity contribution in [1.29, 1.82) is 0 Å². The van der Waals surface area contributed by atoms with Crippen LogP contribution >= 0.6 is 11.8 Å². The number of nitrogens with zero attached hydrogens (tertiary/aromatic N) is 1. The number of carbonyl (C=O) groups is 4. The third-order valence-corrected chi connectivity index (χ3v) is 3.48. The van der Waals surface area contributed by atoms with Gasteiger partial charge in [0, 0.05) is 6.08 Å². The van der Waals surface area contributed by atoms with E-state index in [2.05, 4.69) is 9.47 Å². The molecule has 0 aromatic heterocycles. The van der Waals surface area contributed by atoms with E-state index < -0.39 is 36.1 Å². The molecule has 1 amide bonds. The number of carbonyl (C=O) groups excluding carboxylic acids is 4. The zero-order valence-corrected chi connectivity index (χ0v) is 12.3. The molecule has 1 saturated heterocycles. The number of hydrogen-bond donors (Lipinski definition) is 1. The number of rotatable bonds is 7. The van der Waals surface area contributed by atoms with Crippen molar-refractivity contribution < 1.29 is 33.8 Å². The van der Waals surface area contributed by atoms with Crippen LogP contribution in [0.15, 0.2) is 11.5 Å². The summed E-state index contributed by atoms with van der Waals surface area (Å²) in [6.07, 6.45) is -0.492. The lowest BCUT2D eigenvalue weighted by Crippen LogP contribution is -2.58. The van der Waals surface area contributed by atoms with Gasteiger partial charge in [0.2, 0.25) is 12.1 Å². The SMILES string of the molecule is COC(=O)C=CSC1CC(=O)N1C(O)C(=O)OCC(C)=O. The Labute approximate surface area is 125 Å². The van der Waals surface area contributed by atoms with Crippen LogP contribution < -0.4 is 0 Å². The smallest absolute Gasteiger partial charge is 0.357 e. The molecule has 0 aromatic rings. The Morgan fingerprint density at radius 1 is 1.52 bits per heavy atom. The molecule has 1 N–H and O–H groups in total. The Balaban J connectivity index is 2.53. The molecule has 0 saturated carbocycles. The number of ether oxygens (including phenoxy) is 2. The summed E-state index contributed by atoms with van der Waals surface area (Å²) in [5.74, 6) is -2.43. The molecule has 1 aliphatic heterocycles. The van der Waals surface area contributed by atoms with Crippen LogP contribution in [0.25, 0.3) is 0 Å². The highest BCUT2D eigenvalue weighted by Crippen LogP contribution is 2.31. The summed E-state index contributed by atoms with van der Waals surface area (Å²) in [7, 11) is 1.23. The Morgan fingerprint density at radius 3 is 2.71 bits per heavy atom. The number of Topliss-reactive ketones (excluding diaryl/α,β-unsaturated/α-hetero) is 1. The second kappa shape index (κ2) is 7.79. The number of hydrogen-bond acceptors (Lipinski definition) is 8. The predicted octanol–water partition coefficient (Wildman–Crippen LogP) is -0.585. The van der Waals surface area contributed by atoms with Crippen molar-refractivity contribution in [3.05, 3.63) is 11.5 Å². The molecule has 1 aliphatic rings. The van der Waals surface area contributed by atoms with E-state index in [9.17, 15) is 24.3 Å². The first-order chi connectivity index (χ1) is 9.86. The van der Waals surface area contributed by atoms with Crippen LogP contribution in [-0.4, -0.2) is 59.0 Å². The van der Waals surface area contributed by atoms with E-state index >= 15 is 0 Å². The van der Waals surface area contributed by atoms with Crippen LogP contribution in [0.5, 0.6) is 0 Å². The van der Waals surface area contributed by atoms with E-state index in [-0.39, 0.29) is 12.2 Å². The van der Waals surface area contributed by atoms with Gasteiger partial charge in [0.1, 0.15) is 6.61 Å². The summed E-state index contributed by atoms with van der Waals surface area (Å²) in [5, 5.41) is 10.7. The summed E-state index contributed by atoms with van der Waals surface area (Å²) < 4.78 is 8.94. The minimum atomic E-state index is -1.77. The lowest BCUT2D eigenvalue weighted by atomic mass is 10.2. The Kier molecular flexibility index (Phi) is 6.38. The molecule has 0 bridgehead atoms. The lowest BCUT2D eigenvalue weighted by molar-refractivity contribution is -0.179. The molecule has 2 atom stereocenters. The first kappa shape index (κ1) is 17.2. The van der Waals surface area contributed by atoms with Crippen molar-refractivity contribution in [3.8, 4) is 0 Å². The molecule has 1 heterocycles. The van der Waals surface area contributed by atoms with Crippen molar-refractivity contribution in [3.63, 3.8) is 0 Å². The second-order valence-electron chi connectivity index (χ2n) is 4.11. The van der Waals surface area contributed by atoms with Gasteiger partial charge < -0.3 is 14.6 Å². The number of amides is 1. The third kappa shape index (κ3) is 4.87. The Morgan fingerprint density at radius 2 is 2.19 bits per heavy atom. The number of aliphatic hydroxyl groups is 1. The molecule has 9 heteroatoms. The topological polar surface area (TPSA) is 110 Å². The van der Waals surface area contributed by atoms with Gasteiger partial charge in [-0.1, -0.05) is 0 Å². The van der Waals surface area contributed by atoms with E-state index in [0.29, 0.717) is 0 Å². The van der Waals surface area contributed by atoms with E-state index in [1.807, 2.05) is 0 Å². The number of thioether (sulfide) groups is 1. The highest BCUT2D eigenvalue weighted by Gasteiger charge is 2.43. The fourth-order valence-corrected chi connectivity index (χ4v) is 2.40. The van der Waals surface area contributed by atoms with Gasteiger partial charge in [0.05, 0.1) is 18.9 Å². The van der Waals surface area contributed by atoms with E-state index in [0.717, 1.165) is 22.7 Å². The van der Waals surface area contributed by atoms with Gasteiger partial charge in [-0.3, -0.25) is 14.5 Å². The summed E-state index contributed by atoms with van der Waals surface area (Å²) in [5.41, 5.74) is 0. The quantitative estimate of drug-likeness (QED) is 0.377. The van der Waals surface area contributed by atoms with Crippen LogP contribution in [0.4, 0.5) is 0 Å². The Bertz CT molecular complexity index is 476.